The maximum atomic E-state index is 12.8. The van der Waals surface area contributed by atoms with Gasteiger partial charge in [-0.1, -0.05) is 44.1 Å². The lowest BCUT2D eigenvalue weighted by Gasteiger charge is -2.28. The predicted molar refractivity (Wildman–Crippen MR) is 126 cm³/mol. The number of aliphatic hydroxyl groups excluding tert-OH is 1. The first kappa shape index (κ1) is 26.1. The number of ketones is 1. The largest absolute Gasteiger partial charge is 0.481 e. The number of carbonyl (C=O) groups is 2. The van der Waals surface area contributed by atoms with E-state index in [0.29, 0.717) is 37.4 Å². The molecule has 3 N–H and O–H groups in total. The lowest BCUT2D eigenvalue weighted by Crippen LogP contribution is -2.31. The van der Waals surface area contributed by atoms with Crippen LogP contribution in [0.15, 0.2) is 24.3 Å². The minimum Gasteiger partial charge on any atom is -0.481 e. The third kappa shape index (κ3) is 8.07. The topological polar surface area (TPSA) is 94.8 Å². The van der Waals surface area contributed by atoms with Crippen molar-refractivity contribution in [2.24, 2.45) is 17.8 Å². The number of carboxylic acids is 1. The molecule has 2 aliphatic rings. The predicted octanol–water partition coefficient (Wildman–Crippen LogP) is 4.76. The Kier molecular flexibility index (Phi) is 11.3. The van der Waals surface area contributed by atoms with Crippen LogP contribution in [0.4, 0.5) is 0 Å². The van der Waals surface area contributed by atoms with Crippen LogP contribution in [0.1, 0.15) is 77.6 Å². The molecule has 0 aliphatic heterocycles. The highest BCUT2D eigenvalue weighted by molar-refractivity contribution is 8.00. The van der Waals surface area contributed by atoms with Crippen LogP contribution in [0.3, 0.4) is 0 Å². The maximum absolute atomic E-state index is 12.8. The summed E-state index contributed by atoms with van der Waals surface area (Å²) in [5, 5.41) is 29.4. The van der Waals surface area contributed by atoms with E-state index in [2.05, 4.69) is 13.0 Å². The van der Waals surface area contributed by atoms with Crippen LogP contribution in [-0.4, -0.2) is 50.3 Å². The summed E-state index contributed by atoms with van der Waals surface area (Å²) >= 11 is 1.65. The number of rotatable bonds is 14. The minimum atomic E-state index is -0.782. The summed E-state index contributed by atoms with van der Waals surface area (Å²) in [5.41, 5.74) is -0.760. The van der Waals surface area contributed by atoms with E-state index in [1.165, 1.54) is 0 Å². The molecule has 2 saturated carbocycles. The average molecular weight is 453 g/mol. The van der Waals surface area contributed by atoms with Gasteiger partial charge in [-0.25, -0.2) is 0 Å². The van der Waals surface area contributed by atoms with Crippen LogP contribution in [-0.2, 0) is 9.59 Å². The number of unbranched alkanes of at least 4 members (excludes halogenated alkanes) is 2. The molecule has 0 bridgehead atoms. The van der Waals surface area contributed by atoms with Crippen molar-refractivity contribution in [3.05, 3.63) is 24.3 Å². The monoisotopic (exact) mass is 452 g/mol. The van der Waals surface area contributed by atoms with Crippen molar-refractivity contribution in [3.63, 3.8) is 0 Å². The zero-order valence-electron chi connectivity index (χ0n) is 18.9. The van der Waals surface area contributed by atoms with Gasteiger partial charge in [0.1, 0.15) is 5.78 Å². The molecule has 5 atom stereocenters. The molecule has 5 nitrogen and oxygen atoms in total. The SMILES string of the molecule is CCCCC1CCC[C@@]1(O)/C=C/[C@H]1[C@H](SCCO)CC(=O)[C@@H]1C/C=C\CCCC(=O)O. The molecule has 2 fully saturated rings. The molecule has 0 heterocycles. The quantitative estimate of drug-likeness (QED) is 0.260. The Morgan fingerprint density at radius 3 is 2.81 bits per heavy atom. The minimum absolute atomic E-state index is 0.0594. The smallest absolute Gasteiger partial charge is 0.303 e. The first-order valence-corrected chi connectivity index (χ1v) is 13.0. The Hall–Kier alpha value is -1.11. The average Bonchev–Trinajstić information content (AvgIpc) is 3.25. The van der Waals surface area contributed by atoms with E-state index in [1.807, 2.05) is 18.2 Å². The summed E-state index contributed by atoms with van der Waals surface area (Å²) < 4.78 is 0. The summed E-state index contributed by atoms with van der Waals surface area (Å²) in [6, 6.07) is 0. The van der Waals surface area contributed by atoms with Crippen molar-refractivity contribution in [3.8, 4) is 0 Å². The number of aliphatic carboxylic acids is 1. The van der Waals surface area contributed by atoms with Crippen molar-refractivity contribution in [1.29, 1.82) is 0 Å². The van der Waals surface area contributed by atoms with Gasteiger partial charge in [-0.3, -0.25) is 9.59 Å². The molecule has 0 aromatic heterocycles. The number of thioether (sulfide) groups is 1. The van der Waals surface area contributed by atoms with Crippen molar-refractivity contribution in [2.75, 3.05) is 12.4 Å². The van der Waals surface area contributed by atoms with Crippen LogP contribution in [0.5, 0.6) is 0 Å². The Labute approximate surface area is 191 Å². The van der Waals surface area contributed by atoms with Gasteiger partial charge >= 0.3 is 5.97 Å². The van der Waals surface area contributed by atoms with Crippen molar-refractivity contribution in [2.45, 2.75) is 88.4 Å². The highest BCUT2D eigenvalue weighted by atomic mass is 32.2. The van der Waals surface area contributed by atoms with Gasteiger partial charge in [0.2, 0.25) is 0 Å². The van der Waals surface area contributed by atoms with Gasteiger partial charge in [0.15, 0.2) is 0 Å². The lowest BCUT2D eigenvalue weighted by atomic mass is 9.84. The molecular formula is C25H40O5S. The number of carbonyl (C=O) groups excluding carboxylic acids is 1. The van der Waals surface area contributed by atoms with Crippen LogP contribution in [0.25, 0.3) is 0 Å². The zero-order valence-corrected chi connectivity index (χ0v) is 19.7. The zero-order chi connectivity index (χ0) is 22.7. The fourth-order valence-electron chi connectivity index (χ4n) is 5.04. The molecule has 1 unspecified atom stereocenters. The first-order valence-electron chi connectivity index (χ1n) is 11.9. The number of aliphatic hydroxyl groups is 2. The van der Waals surface area contributed by atoms with Crippen molar-refractivity contribution in [1.82, 2.24) is 0 Å². The number of Topliss-reactive ketones (excluding diaryl/α,β-unsaturated/α-hetero) is 1. The summed E-state index contributed by atoms with van der Waals surface area (Å²) in [6.07, 6.45) is 16.9. The van der Waals surface area contributed by atoms with Crippen molar-refractivity contribution >= 4 is 23.5 Å². The van der Waals surface area contributed by atoms with Gasteiger partial charge in [-0.2, -0.15) is 11.8 Å². The molecule has 0 spiro atoms. The second kappa shape index (κ2) is 13.4. The second-order valence-corrected chi connectivity index (χ2v) is 10.4. The van der Waals surface area contributed by atoms with E-state index in [1.54, 1.807) is 11.8 Å². The van der Waals surface area contributed by atoms with Gasteiger partial charge in [0, 0.05) is 29.8 Å². The highest BCUT2D eigenvalue weighted by Gasteiger charge is 2.42. The molecule has 0 radical (unpaired) electrons. The van der Waals surface area contributed by atoms with Crippen molar-refractivity contribution < 1.29 is 24.9 Å². The molecule has 0 saturated heterocycles. The summed E-state index contributed by atoms with van der Waals surface area (Å²) in [4.78, 5) is 23.4. The Bertz CT molecular complexity index is 631. The van der Waals surface area contributed by atoms with E-state index in [9.17, 15) is 19.8 Å². The van der Waals surface area contributed by atoms with Crippen LogP contribution >= 0.6 is 11.8 Å². The second-order valence-electron chi connectivity index (χ2n) is 9.06. The summed E-state index contributed by atoms with van der Waals surface area (Å²) in [7, 11) is 0. The van der Waals surface area contributed by atoms with E-state index < -0.39 is 11.6 Å². The molecule has 176 valence electrons. The molecule has 0 aromatic rings. The van der Waals surface area contributed by atoms with E-state index in [-0.39, 0.29) is 35.9 Å². The number of allylic oxidation sites excluding steroid dienone is 3. The van der Waals surface area contributed by atoms with Gasteiger partial charge < -0.3 is 15.3 Å². The van der Waals surface area contributed by atoms with E-state index in [0.717, 1.165) is 38.5 Å². The normalized spacial score (nSPS) is 31.4. The van der Waals surface area contributed by atoms with Crippen LogP contribution in [0, 0.1) is 17.8 Å². The van der Waals surface area contributed by atoms with Crippen LogP contribution < -0.4 is 0 Å². The van der Waals surface area contributed by atoms with Gasteiger partial charge in [-0.05, 0) is 56.8 Å². The molecule has 0 aromatic carbocycles. The van der Waals surface area contributed by atoms with Gasteiger partial charge in [0.05, 0.1) is 12.2 Å². The number of hydrogen-bond donors (Lipinski definition) is 3. The molecule has 2 aliphatic carbocycles. The lowest BCUT2D eigenvalue weighted by molar-refractivity contribution is -0.137. The number of hydrogen-bond acceptors (Lipinski definition) is 5. The van der Waals surface area contributed by atoms with Crippen LogP contribution in [0.2, 0.25) is 0 Å². The highest BCUT2D eigenvalue weighted by Crippen LogP contribution is 2.43. The molecule has 2 rings (SSSR count). The third-order valence-electron chi connectivity index (χ3n) is 6.80. The Morgan fingerprint density at radius 2 is 2.10 bits per heavy atom. The van der Waals surface area contributed by atoms with Gasteiger partial charge in [0.25, 0.3) is 0 Å². The fraction of sp³-hybridized carbons (Fsp3) is 0.760. The Balaban J connectivity index is 2.05. The molecule has 31 heavy (non-hydrogen) atoms. The molecular weight excluding hydrogens is 412 g/mol. The fourth-order valence-corrected chi connectivity index (χ4v) is 6.23. The molecule has 0 amide bonds. The van der Waals surface area contributed by atoms with E-state index >= 15 is 0 Å². The van der Waals surface area contributed by atoms with Gasteiger partial charge in [-0.15, -0.1) is 0 Å². The number of carboxylic acid groups (broad SMARTS) is 1. The molecule has 6 heteroatoms. The first-order chi connectivity index (χ1) is 14.9. The van der Waals surface area contributed by atoms with E-state index in [4.69, 9.17) is 5.11 Å². The summed E-state index contributed by atoms with van der Waals surface area (Å²) in [6.45, 7) is 2.28. The third-order valence-corrected chi connectivity index (χ3v) is 8.13. The Morgan fingerprint density at radius 1 is 1.29 bits per heavy atom. The summed E-state index contributed by atoms with van der Waals surface area (Å²) in [5.74, 6) is 0.337. The maximum Gasteiger partial charge on any atom is 0.303 e. The standard InChI is InChI=1S/C25H40O5S/c1-2-3-9-19-10-8-14-25(19,30)15-13-21-20(11-6-4-5-7-12-24(28)29)22(27)18-23(21)31-17-16-26/h4,6,13,15,19-21,23,26,30H,2-3,5,7-12,14,16-18H2,1H3,(H,28,29)/b6-4-,15-13+/t19?,20-,21-,23-,25-/m1/s1.